The average molecular weight is 394 g/mol. The van der Waals surface area contributed by atoms with Gasteiger partial charge in [-0.1, -0.05) is 18.2 Å². The molecule has 2 heterocycles. The van der Waals surface area contributed by atoms with Gasteiger partial charge >= 0.3 is 5.97 Å². The first-order valence-corrected chi connectivity index (χ1v) is 10.1. The molecule has 2 amide bonds. The number of allylic oxidation sites excluding steroid dienone is 1. The third kappa shape index (κ3) is 3.65. The van der Waals surface area contributed by atoms with Crippen LogP contribution in [-0.4, -0.2) is 61.2 Å². The number of carboxylic acid groups (broad SMARTS) is 1. The monoisotopic (exact) mass is 394 g/mol. The van der Waals surface area contributed by atoms with E-state index in [9.17, 15) is 27.9 Å². The number of nitrogens with zero attached hydrogens (tertiary/aromatic N) is 1. The van der Waals surface area contributed by atoms with Gasteiger partial charge in [0, 0.05) is 6.26 Å². The molecule has 10 heteroatoms. The lowest BCUT2D eigenvalue weighted by molar-refractivity contribution is -0.156. The van der Waals surface area contributed by atoms with Gasteiger partial charge in [0.25, 0.3) is 11.8 Å². The summed E-state index contributed by atoms with van der Waals surface area (Å²) >= 11 is 0. The third-order valence-corrected chi connectivity index (χ3v) is 5.76. The second-order valence-corrected chi connectivity index (χ2v) is 8.35. The van der Waals surface area contributed by atoms with E-state index in [4.69, 9.17) is 4.74 Å². The minimum atomic E-state index is -3.75. The Hall–Kier alpha value is -2.88. The number of carbonyl (C=O) groups excluding carboxylic acids is 2. The normalized spacial score (nSPS) is 22.0. The Morgan fingerprint density at radius 2 is 1.96 bits per heavy atom. The molecule has 0 unspecified atom stereocenters. The van der Waals surface area contributed by atoms with Gasteiger partial charge in [-0.2, -0.15) is 0 Å². The highest BCUT2D eigenvalue weighted by molar-refractivity contribution is 7.94. The van der Waals surface area contributed by atoms with Crippen LogP contribution in [0.4, 0.5) is 0 Å². The summed E-state index contributed by atoms with van der Waals surface area (Å²) < 4.78 is 28.9. The molecule has 9 nitrogen and oxygen atoms in total. The Kier molecular flexibility index (Phi) is 4.92. The minimum absolute atomic E-state index is 0.00178. The topological polar surface area (TPSA) is 130 Å². The largest absolute Gasteiger partial charge is 0.484 e. The van der Waals surface area contributed by atoms with E-state index in [1.54, 1.807) is 30.3 Å². The molecule has 0 bridgehead atoms. The van der Waals surface area contributed by atoms with Crippen molar-refractivity contribution in [3.05, 3.63) is 40.9 Å². The number of carbonyl (C=O) groups is 3. The number of para-hydroxylation sites is 1. The molecular weight excluding hydrogens is 376 g/mol. The van der Waals surface area contributed by atoms with Gasteiger partial charge in [-0.3, -0.25) is 14.5 Å². The van der Waals surface area contributed by atoms with Crippen LogP contribution in [0.15, 0.2) is 40.9 Å². The number of β-lactam (4-membered cyclic amide) rings is 1. The van der Waals surface area contributed by atoms with E-state index in [1.165, 1.54) is 0 Å². The predicted molar refractivity (Wildman–Crippen MR) is 93.2 cm³/mol. The first-order valence-electron chi connectivity index (χ1n) is 8.17. The van der Waals surface area contributed by atoms with Crippen LogP contribution in [0, 0.1) is 0 Å². The number of hydrogen-bond acceptors (Lipinski definition) is 6. The summed E-state index contributed by atoms with van der Waals surface area (Å²) in [6.45, 7) is -0.295. The van der Waals surface area contributed by atoms with Gasteiger partial charge < -0.3 is 15.2 Å². The van der Waals surface area contributed by atoms with Gasteiger partial charge in [0.1, 0.15) is 17.5 Å². The van der Waals surface area contributed by atoms with Crippen LogP contribution in [0.2, 0.25) is 0 Å². The first-order chi connectivity index (χ1) is 12.7. The summed E-state index contributed by atoms with van der Waals surface area (Å²) in [6.07, 6.45) is 1.16. The van der Waals surface area contributed by atoms with Gasteiger partial charge in [-0.15, -0.1) is 0 Å². The SMILES string of the molecule is CS(=O)(=O)C1=C(C(=O)O)N2C(=O)[C@@H](NC(=O)COc3ccccc3)[C@H]2CC1. The Morgan fingerprint density at radius 1 is 1.30 bits per heavy atom. The lowest BCUT2D eigenvalue weighted by Crippen LogP contribution is -2.72. The number of aliphatic carboxylic acids is 1. The summed E-state index contributed by atoms with van der Waals surface area (Å²) in [6, 6.07) is 7.18. The molecule has 3 rings (SSSR count). The number of nitrogens with one attached hydrogen (secondary N) is 1. The lowest BCUT2D eigenvalue weighted by Gasteiger charge is -2.49. The second-order valence-electron chi connectivity index (χ2n) is 6.31. The van der Waals surface area contributed by atoms with Crippen molar-refractivity contribution in [2.45, 2.75) is 24.9 Å². The third-order valence-electron chi connectivity index (χ3n) is 4.47. The number of carboxylic acids is 1. The molecule has 1 saturated heterocycles. The molecular formula is C17H18N2O7S. The predicted octanol–water partition coefficient (Wildman–Crippen LogP) is -0.104. The molecule has 2 aliphatic rings. The standard InChI is InChI=1S/C17H18N2O7S/c1-27(24,25)12-8-7-11-14(16(21)19(11)15(12)17(22)23)18-13(20)9-26-10-5-3-2-4-6-10/h2-6,11,14H,7-9H2,1H3,(H,18,20)(H,22,23)/t11-,14+/m1/s1. The minimum Gasteiger partial charge on any atom is -0.484 e. The maximum absolute atomic E-state index is 12.4. The van der Waals surface area contributed by atoms with Crippen LogP contribution in [0.3, 0.4) is 0 Å². The number of ether oxygens (including phenoxy) is 1. The number of fused-ring (bicyclic) bond motifs is 1. The Balaban J connectivity index is 1.68. The molecule has 0 aliphatic carbocycles. The van der Waals surface area contributed by atoms with Gasteiger partial charge in [0.15, 0.2) is 16.4 Å². The van der Waals surface area contributed by atoms with E-state index in [0.717, 1.165) is 11.2 Å². The Bertz CT molecular complexity index is 924. The fraction of sp³-hybridized carbons (Fsp3) is 0.353. The summed E-state index contributed by atoms with van der Waals surface area (Å²) in [5.74, 6) is -2.15. The van der Waals surface area contributed by atoms with Crippen molar-refractivity contribution in [3.63, 3.8) is 0 Å². The molecule has 1 fully saturated rings. The van der Waals surface area contributed by atoms with Crippen LogP contribution >= 0.6 is 0 Å². The van der Waals surface area contributed by atoms with Crippen LogP contribution < -0.4 is 10.1 Å². The highest BCUT2D eigenvalue weighted by Crippen LogP contribution is 2.38. The molecule has 0 spiro atoms. The molecule has 27 heavy (non-hydrogen) atoms. The second kappa shape index (κ2) is 7.03. The molecule has 144 valence electrons. The van der Waals surface area contributed by atoms with E-state index >= 15 is 0 Å². The van der Waals surface area contributed by atoms with Crippen molar-refractivity contribution in [1.29, 1.82) is 0 Å². The maximum Gasteiger partial charge on any atom is 0.353 e. The number of benzene rings is 1. The van der Waals surface area contributed by atoms with E-state index in [2.05, 4.69) is 5.32 Å². The van der Waals surface area contributed by atoms with Crippen LogP contribution in [0.1, 0.15) is 12.8 Å². The van der Waals surface area contributed by atoms with Crippen molar-refractivity contribution in [3.8, 4) is 5.75 Å². The summed E-state index contributed by atoms with van der Waals surface area (Å²) in [4.78, 5) is 36.6. The van der Waals surface area contributed by atoms with Gasteiger partial charge in [-0.05, 0) is 25.0 Å². The zero-order valence-corrected chi connectivity index (χ0v) is 15.2. The molecule has 2 aliphatic heterocycles. The van der Waals surface area contributed by atoms with E-state index in [-0.39, 0.29) is 24.4 Å². The van der Waals surface area contributed by atoms with Gasteiger partial charge in [0.05, 0.1) is 10.9 Å². The summed E-state index contributed by atoms with van der Waals surface area (Å²) in [5, 5.41) is 11.9. The van der Waals surface area contributed by atoms with E-state index < -0.39 is 45.4 Å². The summed E-state index contributed by atoms with van der Waals surface area (Å²) in [5.41, 5.74) is -0.523. The smallest absolute Gasteiger partial charge is 0.353 e. The first kappa shape index (κ1) is 18.9. The number of hydrogen-bond donors (Lipinski definition) is 2. The van der Waals surface area contributed by atoms with Crippen molar-refractivity contribution in [1.82, 2.24) is 10.2 Å². The summed E-state index contributed by atoms with van der Waals surface area (Å²) in [7, 11) is -3.75. The molecule has 0 saturated carbocycles. The van der Waals surface area contributed by atoms with Crippen molar-refractivity contribution in [2.24, 2.45) is 0 Å². The molecule has 2 N–H and O–H groups in total. The Labute approximate surface area is 155 Å². The molecule has 1 aromatic carbocycles. The van der Waals surface area contributed by atoms with Crippen LogP contribution in [-0.2, 0) is 24.2 Å². The van der Waals surface area contributed by atoms with Gasteiger partial charge in [0.2, 0.25) is 0 Å². The number of rotatable bonds is 6. The highest BCUT2D eigenvalue weighted by atomic mass is 32.2. The average Bonchev–Trinajstić information content (AvgIpc) is 2.63. The van der Waals surface area contributed by atoms with Crippen molar-refractivity contribution < 1.29 is 32.6 Å². The zero-order chi connectivity index (χ0) is 19.8. The number of sulfone groups is 1. The van der Waals surface area contributed by atoms with E-state index in [1.807, 2.05) is 0 Å². The highest BCUT2D eigenvalue weighted by Gasteiger charge is 2.54. The van der Waals surface area contributed by atoms with Crippen LogP contribution in [0.5, 0.6) is 5.75 Å². The lowest BCUT2D eigenvalue weighted by atomic mass is 9.86. The molecule has 1 aromatic rings. The molecule has 2 atom stereocenters. The number of amides is 2. The molecule has 0 aromatic heterocycles. The van der Waals surface area contributed by atoms with E-state index in [0.29, 0.717) is 5.75 Å². The maximum atomic E-state index is 12.4. The quantitative estimate of drug-likeness (QED) is 0.644. The fourth-order valence-electron chi connectivity index (χ4n) is 3.27. The fourth-order valence-corrected chi connectivity index (χ4v) is 4.30. The van der Waals surface area contributed by atoms with Crippen LogP contribution in [0.25, 0.3) is 0 Å². The Morgan fingerprint density at radius 3 is 2.56 bits per heavy atom. The van der Waals surface area contributed by atoms with Crippen molar-refractivity contribution >= 4 is 27.6 Å². The zero-order valence-electron chi connectivity index (χ0n) is 14.4. The van der Waals surface area contributed by atoms with Crippen molar-refractivity contribution in [2.75, 3.05) is 12.9 Å². The molecule has 0 radical (unpaired) electrons. The van der Waals surface area contributed by atoms with Gasteiger partial charge in [-0.25, -0.2) is 13.2 Å².